The lowest BCUT2D eigenvalue weighted by molar-refractivity contribution is 0.155. The summed E-state index contributed by atoms with van der Waals surface area (Å²) in [6, 6.07) is 2.33. The first-order chi connectivity index (χ1) is 8.16. The van der Waals surface area contributed by atoms with Crippen LogP contribution in [-0.4, -0.2) is 49.3 Å². The normalized spacial score (nSPS) is 29.8. The van der Waals surface area contributed by atoms with Crippen molar-refractivity contribution in [2.75, 3.05) is 26.3 Å². The van der Waals surface area contributed by atoms with E-state index in [-0.39, 0.29) is 0 Å². The van der Waals surface area contributed by atoms with Crippen molar-refractivity contribution >= 4 is 0 Å². The van der Waals surface area contributed by atoms with Crippen molar-refractivity contribution in [2.24, 2.45) is 0 Å². The molecule has 98 valence electrons. The fourth-order valence-electron chi connectivity index (χ4n) is 2.70. The summed E-state index contributed by atoms with van der Waals surface area (Å²) in [6.45, 7) is 11.9. The number of nitrogens with zero attached hydrogens (tertiary/aromatic N) is 1. The Bertz CT molecular complexity index is 263. The van der Waals surface area contributed by atoms with E-state index in [1.807, 2.05) is 6.92 Å². The number of likely N-dealkylation sites (tertiary alicyclic amines) is 1. The SMILES string of the molecule is C=C(C)COCCNC1CC(C)N(C2CC2)C1. The van der Waals surface area contributed by atoms with Crippen LogP contribution in [0, 0.1) is 0 Å². The molecule has 3 heteroatoms. The van der Waals surface area contributed by atoms with Gasteiger partial charge in [-0.2, -0.15) is 0 Å². The first-order valence-corrected chi connectivity index (χ1v) is 6.88. The first-order valence-electron chi connectivity index (χ1n) is 6.88. The van der Waals surface area contributed by atoms with Gasteiger partial charge in [0.1, 0.15) is 0 Å². The summed E-state index contributed by atoms with van der Waals surface area (Å²) in [4.78, 5) is 2.67. The minimum atomic E-state index is 0.666. The van der Waals surface area contributed by atoms with Crippen LogP contribution in [-0.2, 0) is 4.74 Å². The van der Waals surface area contributed by atoms with E-state index in [0.717, 1.165) is 30.8 Å². The second-order valence-corrected chi connectivity index (χ2v) is 5.67. The van der Waals surface area contributed by atoms with E-state index in [1.54, 1.807) is 0 Å². The van der Waals surface area contributed by atoms with Gasteiger partial charge in [-0.1, -0.05) is 12.2 Å². The van der Waals surface area contributed by atoms with Crippen molar-refractivity contribution in [1.82, 2.24) is 10.2 Å². The Balaban J connectivity index is 1.56. The van der Waals surface area contributed by atoms with Crippen molar-refractivity contribution in [1.29, 1.82) is 0 Å². The second-order valence-electron chi connectivity index (χ2n) is 5.67. The molecule has 17 heavy (non-hydrogen) atoms. The molecule has 2 atom stereocenters. The van der Waals surface area contributed by atoms with E-state index in [0.29, 0.717) is 12.6 Å². The average molecular weight is 238 g/mol. The lowest BCUT2D eigenvalue weighted by Gasteiger charge is -2.19. The molecular weight excluding hydrogens is 212 g/mol. The maximum atomic E-state index is 5.49. The van der Waals surface area contributed by atoms with Crippen molar-refractivity contribution in [3.05, 3.63) is 12.2 Å². The Kier molecular flexibility index (Phi) is 4.60. The Labute approximate surface area is 105 Å². The summed E-state index contributed by atoms with van der Waals surface area (Å²) >= 11 is 0. The van der Waals surface area contributed by atoms with Crippen LogP contribution < -0.4 is 5.32 Å². The summed E-state index contributed by atoms with van der Waals surface area (Å²) in [6.07, 6.45) is 4.12. The Hall–Kier alpha value is -0.380. The molecule has 0 aromatic rings. The standard InChI is InChI=1S/C14H26N2O/c1-11(2)10-17-7-6-15-13-8-12(3)16(9-13)14-4-5-14/h12-15H,1,4-10H2,2-3H3. The van der Waals surface area contributed by atoms with E-state index in [4.69, 9.17) is 4.74 Å². The minimum Gasteiger partial charge on any atom is -0.376 e. The third-order valence-corrected chi connectivity index (χ3v) is 3.67. The highest BCUT2D eigenvalue weighted by Crippen LogP contribution is 2.33. The van der Waals surface area contributed by atoms with Gasteiger partial charge in [0.15, 0.2) is 0 Å². The predicted molar refractivity (Wildman–Crippen MR) is 71.2 cm³/mol. The summed E-state index contributed by atoms with van der Waals surface area (Å²) in [5, 5.41) is 3.60. The van der Waals surface area contributed by atoms with Gasteiger partial charge in [-0.05, 0) is 33.1 Å². The molecule has 1 saturated carbocycles. The Morgan fingerprint density at radius 1 is 1.47 bits per heavy atom. The molecule has 3 nitrogen and oxygen atoms in total. The smallest absolute Gasteiger partial charge is 0.0672 e. The lowest BCUT2D eigenvalue weighted by Crippen LogP contribution is -2.35. The summed E-state index contributed by atoms with van der Waals surface area (Å²) in [5.74, 6) is 0. The third-order valence-electron chi connectivity index (χ3n) is 3.67. The number of ether oxygens (including phenoxy) is 1. The van der Waals surface area contributed by atoms with Gasteiger partial charge < -0.3 is 10.1 Å². The zero-order valence-corrected chi connectivity index (χ0v) is 11.2. The number of nitrogens with one attached hydrogen (secondary N) is 1. The van der Waals surface area contributed by atoms with Crippen molar-refractivity contribution < 1.29 is 4.74 Å². The van der Waals surface area contributed by atoms with Gasteiger partial charge in [-0.3, -0.25) is 4.90 Å². The highest BCUT2D eigenvalue weighted by Gasteiger charge is 2.38. The van der Waals surface area contributed by atoms with Crippen LogP contribution in [0.2, 0.25) is 0 Å². The second kappa shape index (κ2) is 5.98. The van der Waals surface area contributed by atoms with Gasteiger partial charge in [0.25, 0.3) is 0 Å². The molecule has 2 aliphatic rings. The number of hydrogen-bond donors (Lipinski definition) is 1. The van der Waals surface area contributed by atoms with E-state index in [2.05, 4.69) is 23.7 Å². The molecule has 2 unspecified atom stereocenters. The van der Waals surface area contributed by atoms with Gasteiger partial charge in [-0.25, -0.2) is 0 Å². The van der Waals surface area contributed by atoms with Crippen LogP contribution in [0.4, 0.5) is 0 Å². The Morgan fingerprint density at radius 2 is 2.24 bits per heavy atom. The van der Waals surface area contributed by atoms with Crippen LogP contribution in [0.5, 0.6) is 0 Å². The third kappa shape index (κ3) is 4.09. The lowest BCUT2D eigenvalue weighted by atomic mass is 10.2. The molecule has 0 amide bonds. The van der Waals surface area contributed by atoms with Gasteiger partial charge in [0, 0.05) is 31.2 Å². The van der Waals surface area contributed by atoms with Crippen LogP contribution in [0.25, 0.3) is 0 Å². The average Bonchev–Trinajstić information content (AvgIpc) is 3.03. The van der Waals surface area contributed by atoms with Gasteiger partial charge in [0.2, 0.25) is 0 Å². The maximum absolute atomic E-state index is 5.49. The van der Waals surface area contributed by atoms with Crippen LogP contribution in [0.1, 0.15) is 33.1 Å². The zero-order valence-electron chi connectivity index (χ0n) is 11.2. The minimum absolute atomic E-state index is 0.666. The predicted octanol–water partition coefficient (Wildman–Crippen LogP) is 1.79. The number of hydrogen-bond acceptors (Lipinski definition) is 3. The van der Waals surface area contributed by atoms with Gasteiger partial charge in [0.05, 0.1) is 13.2 Å². The molecule has 1 saturated heterocycles. The molecule has 0 radical (unpaired) electrons. The summed E-state index contributed by atoms with van der Waals surface area (Å²) in [5.41, 5.74) is 1.10. The van der Waals surface area contributed by atoms with Crippen molar-refractivity contribution in [3.63, 3.8) is 0 Å². The molecule has 0 spiro atoms. The van der Waals surface area contributed by atoms with Gasteiger partial charge in [-0.15, -0.1) is 0 Å². The Morgan fingerprint density at radius 3 is 2.88 bits per heavy atom. The topological polar surface area (TPSA) is 24.5 Å². The molecule has 2 fully saturated rings. The molecule has 0 aromatic carbocycles. The quantitative estimate of drug-likeness (QED) is 0.540. The molecule has 2 rings (SSSR count). The van der Waals surface area contributed by atoms with Crippen LogP contribution in [0.15, 0.2) is 12.2 Å². The van der Waals surface area contributed by atoms with Crippen LogP contribution in [0.3, 0.4) is 0 Å². The maximum Gasteiger partial charge on any atom is 0.0672 e. The molecule has 0 aromatic heterocycles. The van der Waals surface area contributed by atoms with E-state index in [1.165, 1.54) is 25.8 Å². The largest absolute Gasteiger partial charge is 0.376 e. The molecule has 0 bridgehead atoms. The zero-order chi connectivity index (χ0) is 12.3. The molecule has 1 aliphatic heterocycles. The van der Waals surface area contributed by atoms with Gasteiger partial charge >= 0.3 is 0 Å². The van der Waals surface area contributed by atoms with E-state index < -0.39 is 0 Å². The van der Waals surface area contributed by atoms with Crippen molar-refractivity contribution in [2.45, 2.75) is 51.2 Å². The van der Waals surface area contributed by atoms with Crippen molar-refractivity contribution in [3.8, 4) is 0 Å². The molecule has 1 aliphatic carbocycles. The highest BCUT2D eigenvalue weighted by molar-refractivity contribution is 4.95. The molecule has 1 heterocycles. The summed E-state index contributed by atoms with van der Waals surface area (Å²) < 4.78 is 5.49. The summed E-state index contributed by atoms with van der Waals surface area (Å²) in [7, 11) is 0. The van der Waals surface area contributed by atoms with E-state index >= 15 is 0 Å². The fraction of sp³-hybridized carbons (Fsp3) is 0.857. The molecular formula is C14H26N2O. The monoisotopic (exact) mass is 238 g/mol. The van der Waals surface area contributed by atoms with E-state index in [9.17, 15) is 0 Å². The van der Waals surface area contributed by atoms with Crippen LogP contribution >= 0.6 is 0 Å². The first kappa shape index (κ1) is 13.1. The molecule has 1 N–H and O–H groups in total. The fourth-order valence-corrected chi connectivity index (χ4v) is 2.70. The number of rotatable bonds is 7. The highest BCUT2D eigenvalue weighted by atomic mass is 16.5.